The van der Waals surface area contributed by atoms with Crippen molar-refractivity contribution in [1.29, 1.82) is 0 Å². The van der Waals surface area contributed by atoms with Gasteiger partial charge in [0.2, 0.25) is 0 Å². The van der Waals surface area contributed by atoms with Gasteiger partial charge in [-0.3, -0.25) is 4.79 Å². The van der Waals surface area contributed by atoms with Gasteiger partial charge in [-0.2, -0.15) is 0 Å². The summed E-state index contributed by atoms with van der Waals surface area (Å²) in [6, 6.07) is 1.79. The summed E-state index contributed by atoms with van der Waals surface area (Å²) in [4.78, 5) is 22.5. The lowest BCUT2D eigenvalue weighted by Crippen LogP contribution is -2.07. The van der Waals surface area contributed by atoms with E-state index in [0.717, 1.165) is 5.39 Å². The van der Waals surface area contributed by atoms with Gasteiger partial charge in [0, 0.05) is 17.5 Å². The number of fused-ring (bicyclic) bond motifs is 1. The number of aromatic nitrogens is 3. The van der Waals surface area contributed by atoms with Crippen molar-refractivity contribution >= 4 is 16.8 Å². The molecule has 2 heterocycles. The van der Waals surface area contributed by atoms with Gasteiger partial charge in [-0.25, -0.2) is 9.97 Å². The van der Waals surface area contributed by atoms with Gasteiger partial charge in [0.1, 0.15) is 12.0 Å². The molecule has 2 aromatic rings. The Morgan fingerprint density at radius 1 is 1.50 bits per heavy atom. The fourth-order valence-corrected chi connectivity index (χ4v) is 1.31. The van der Waals surface area contributed by atoms with Crippen LogP contribution in [0.5, 0.6) is 0 Å². The molecule has 0 aliphatic heterocycles. The predicted molar refractivity (Wildman–Crippen MR) is 53.1 cm³/mol. The molecule has 4 nitrogen and oxygen atoms in total. The Balaban J connectivity index is 2.50. The van der Waals surface area contributed by atoms with Crippen LogP contribution >= 0.6 is 0 Å². The Morgan fingerprint density at radius 3 is 2.93 bits per heavy atom. The Kier molecular flexibility index (Phi) is 2.04. The van der Waals surface area contributed by atoms with Crippen molar-refractivity contribution in [2.75, 3.05) is 0 Å². The quantitative estimate of drug-likeness (QED) is 0.733. The fraction of sp³-hybridized carbons (Fsp3) is 0.300. The van der Waals surface area contributed by atoms with E-state index in [4.69, 9.17) is 0 Å². The average Bonchev–Trinajstić information content (AvgIpc) is 2.59. The van der Waals surface area contributed by atoms with E-state index in [2.05, 4.69) is 15.0 Å². The molecule has 0 aliphatic rings. The minimum Gasteiger partial charge on any atom is -0.337 e. The van der Waals surface area contributed by atoms with Crippen LogP contribution in [0.25, 0.3) is 11.0 Å². The van der Waals surface area contributed by atoms with E-state index in [1.54, 1.807) is 12.3 Å². The zero-order valence-electron chi connectivity index (χ0n) is 8.11. The van der Waals surface area contributed by atoms with Crippen LogP contribution in [0.3, 0.4) is 0 Å². The second-order valence-electron chi connectivity index (χ2n) is 3.53. The molecule has 0 spiro atoms. The molecule has 0 aliphatic carbocycles. The molecule has 0 amide bonds. The van der Waals surface area contributed by atoms with Gasteiger partial charge in [-0.15, -0.1) is 0 Å². The number of carbonyl (C=O) groups is 1. The van der Waals surface area contributed by atoms with Crippen molar-refractivity contribution in [3.8, 4) is 0 Å². The third-order valence-electron chi connectivity index (χ3n) is 2.08. The molecule has 0 fully saturated rings. The first-order chi connectivity index (χ1) is 6.68. The summed E-state index contributed by atoms with van der Waals surface area (Å²) in [6.07, 6.45) is 3.15. The SMILES string of the molecule is CC(C)C(=O)c1cc2cncnc2[nH]1. The highest BCUT2D eigenvalue weighted by Gasteiger charge is 2.13. The zero-order valence-corrected chi connectivity index (χ0v) is 8.11. The number of aromatic amines is 1. The molecule has 0 aromatic carbocycles. The minimum absolute atomic E-state index is 0.00368. The summed E-state index contributed by atoms with van der Waals surface area (Å²) in [5.74, 6) is 0.0963. The summed E-state index contributed by atoms with van der Waals surface area (Å²) < 4.78 is 0. The van der Waals surface area contributed by atoms with Crippen LogP contribution in [-0.4, -0.2) is 20.7 Å². The van der Waals surface area contributed by atoms with Gasteiger partial charge in [0.25, 0.3) is 0 Å². The van der Waals surface area contributed by atoms with Crippen LogP contribution in [-0.2, 0) is 0 Å². The molecule has 72 valence electrons. The summed E-state index contributed by atoms with van der Waals surface area (Å²) in [5, 5.41) is 0.872. The van der Waals surface area contributed by atoms with Crippen LogP contribution in [0.1, 0.15) is 24.3 Å². The van der Waals surface area contributed by atoms with E-state index in [9.17, 15) is 4.79 Å². The van der Waals surface area contributed by atoms with E-state index in [0.29, 0.717) is 11.3 Å². The van der Waals surface area contributed by atoms with Crippen molar-refractivity contribution in [2.24, 2.45) is 5.92 Å². The van der Waals surface area contributed by atoms with Gasteiger partial charge in [0.15, 0.2) is 5.78 Å². The number of Topliss-reactive ketones (excluding diaryl/α,β-unsaturated/α-hetero) is 1. The first-order valence-corrected chi connectivity index (χ1v) is 4.51. The maximum atomic E-state index is 11.6. The number of carbonyl (C=O) groups excluding carboxylic acids is 1. The molecular weight excluding hydrogens is 178 g/mol. The Morgan fingerprint density at radius 2 is 2.29 bits per heavy atom. The number of nitrogens with one attached hydrogen (secondary N) is 1. The molecule has 2 aromatic heterocycles. The lowest BCUT2D eigenvalue weighted by atomic mass is 10.1. The molecule has 1 N–H and O–H groups in total. The maximum Gasteiger partial charge on any atom is 0.181 e. The number of hydrogen-bond acceptors (Lipinski definition) is 3. The fourth-order valence-electron chi connectivity index (χ4n) is 1.31. The third kappa shape index (κ3) is 1.39. The third-order valence-corrected chi connectivity index (χ3v) is 2.08. The molecule has 0 saturated carbocycles. The monoisotopic (exact) mass is 189 g/mol. The number of hydrogen-bond donors (Lipinski definition) is 1. The number of H-pyrrole nitrogens is 1. The minimum atomic E-state index is -0.00368. The van der Waals surface area contributed by atoms with E-state index in [-0.39, 0.29) is 11.7 Å². The normalized spacial score (nSPS) is 11.1. The van der Waals surface area contributed by atoms with Gasteiger partial charge in [-0.05, 0) is 6.07 Å². The molecule has 0 saturated heterocycles. The lowest BCUT2D eigenvalue weighted by molar-refractivity contribution is 0.0935. The highest BCUT2D eigenvalue weighted by molar-refractivity contribution is 5.99. The van der Waals surface area contributed by atoms with Crippen molar-refractivity contribution in [1.82, 2.24) is 15.0 Å². The topological polar surface area (TPSA) is 58.6 Å². The maximum absolute atomic E-state index is 11.6. The number of rotatable bonds is 2. The smallest absolute Gasteiger partial charge is 0.181 e. The second kappa shape index (κ2) is 3.21. The van der Waals surface area contributed by atoms with Gasteiger partial charge in [0.05, 0.1) is 5.69 Å². The van der Waals surface area contributed by atoms with Crippen molar-refractivity contribution in [2.45, 2.75) is 13.8 Å². The highest BCUT2D eigenvalue weighted by atomic mass is 16.1. The van der Waals surface area contributed by atoms with Gasteiger partial charge < -0.3 is 4.98 Å². The van der Waals surface area contributed by atoms with E-state index < -0.39 is 0 Å². The Hall–Kier alpha value is -1.71. The molecular formula is C10H11N3O. The van der Waals surface area contributed by atoms with Crippen LogP contribution in [0.4, 0.5) is 0 Å². The molecule has 4 heteroatoms. The van der Waals surface area contributed by atoms with E-state index in [1.807, 2.05) is 13.8 Å². The van der Waals surface area contributed by atoms with Crippen molar-refractivity contribution < 1.29 is 4.79 Å². The van der Waals surface area contributed by atoms with Gasteiger partial charge in [-0.1, -0.05) is 13.8 Å². The molecule has 2 rings (SSSR count). The van der Waals surface area contributed by atoms with Crippen molar-refractivity contribution in [3.05, 3.63) is 24.3 Å². The van der Waals surface area contributed by atoms with Crippen molar-refractivity contribution in [3.63, 3.8) is 0 Å². The molecule has 0 atom stereocenters. The highest BCUT2D eigenvalue weighted by Crippen LogP contribution is 2.14. The average molecular weight is 189 g/mol. The largest absolute Gasteiger partial charge is 0.337 e. The molecule has 0 unspecified atom stereocenters. The summed E-state index contributed by atoms with van der Waals surface area (Å²) in [5.41, 5.74) is 1.32. The molecule has 14 heavy (non-hydrogen) atoms. The second-order valence-corrected chi connectivity index (χ2v) is 3.53. The van der Waals surface area contributed by atoms with Crippen LogP contribution in [0.15, 0.2) is 18.6 Å². The molecule has 0 radical (unpaired) electrons. The predicted octanol–water partition coefficient (Wildman–Crippen LogP) is 1.80. The lowest BCUT2D eigenvalue weighted by Gasteiger charge is -1.99. The van der Waals surface area contributed by atoms with Crippen LogP contribution in [0, 0.1) is 5.92 Å². The first-order valence-electron chi connectivity index (χ1n) is 4.51. The van der Waals surface area contributed by atoms with E-state index >= 15 is 0 Å². The van der Waals surface area contributed by atoms with Crippen LogP contribution in [0.2, 0.25) is 0 Å². The summed E-state index contributed by atoms with van der Waals surface area (Å²) in [6.45, 7) is 3.75. The Bertz CT molecular complexity index is 440. The molecule has 0 bridgehead atoms. The summed E-state index contributed by atoms with van der Waals surface area (Å²) in [7, 11) is 0. The number of nitrogens with zero attached hydrogens (tertiary/aromatic N) is 2. The standard InChI is InChI=1S/C10H11N3O/c1-6(2)9(14)8-3-7-4-11-5-12-10(7)13-8/h3-6H,1-2H3,(H,11,12,13). The van der Waals surface area contributed by atoms with Crippen LogP contribution < -0.4 is 0 Å². The first kappa shape index (κ1) is 8.87. The zero-order chi connectivity index (χ0) is 10.1. The number of ketones is 1. The summed E-state index contributed by atoms with van der Waals surface area (Å²) >= 11 is 0. The Labute approximate surface area is 81.4 Å². The van der Waals surface area contributed by atoms with Gasteiger partial charge >= 0.3 is 0 Å². The van der Waals surface area contributed by atoms with E-state index in [1.165, 1.54) is 6.33 Å².